The van der Waals surface area contributed by atoms with Crippen LogP contribution < -0.4 is 4.74 Å². The Morgan fingerprint density at radius 2 is 2.07 bits per heavy atom. The smallest absolute Gasteiger partial charge is 0.255 e. The van der Waals surface area contributed by atoms with Crippen molar-refractivity contribution in [3.63, 3.8) is 0 Å². The van der Waals surface area contributed by atoms with Gasteiger partial charge in [-0.1, -0.05) is 0 Å². The van der Waals surface area contributed by atoms with Crippen LogP contribution in [-0.2, 0) is 9.47 Å². The molecule has 0 radical (unpaired) electrons. The SMILES string of the molecule is COc1ccc2nc(C)c(C(=O)N3CC(C)OC4(CCOCC4)C3)cc2c1. The lowest BCUT2D eigenvalue weighted by Gasteiger charge is -2.47. The number of carbonyl (C=O) groups excluding carboxylic acids is 1. The molecule has 2 aliphatic rings. The fraction of sp³-hybridized carbons (Fsp3) is 0.524. The number of aromatic nitrogens is 1. The van der Waals surface area contributed by atoms with Crippen molar-refractivity contribution in [2.24, 2.45) is 0 Å². The van der Waals surface area contributed by atoms with Gasteiger partial charge < -0.3 is 19.1 Å². The van der Waals surface area contributed by atoms with Crippen LogP contribution in [0.3, 0.4) is 0 Å². The summed E-state index contributed by atoms with van der Waals surface area (Å²) in [6, 6.07) is 7.65. The molecular formula is C21H26N2O4. The largest absolute Gasteiger partial charge is 0.497 e. The molecule has 144 valence electrons. The molecule has 0 saturated carbocycles. The molecule has 6 heteroatoms. The maximum absolute atomic E-state index is 13.4. The van der Waals surface area contributed by atoms with Crippen LogP contribution in [0.25, 0.3) is 10.9 Å². The van der Waals surface area contributed by atoms with Crippen LogP contribution in [0.2, 0.25) is 0 Å². The van der Waals surface area contributed by atoms with E-state index in [1.165, 1.54) is 0 Å². The average Bonchev–Trinajstić information content (AvgIpc) is 2.66. The van der Waals surface area contributed by atoms with Gasteiger partial charge in [0.25, 0.3) is 5.91 Å². The monoisotopic (exact) mass is 370 g/mol. The van der Waals surface area contributed by atoms with E-state index in [1.807, 2.05) is 43.0 Å². The Hall–Kier alpha value is -2.18. The molecule has 1 aromatic carbocycles. The molecule has 0 bridgehead atoms. The second-order valence-corrected chi connectivity index (χ2v) is 7.59. The van der Waals surface area contributed by atoms with Crippen LogP contribution in [0, 0.1) is 6.92 Å². The molecule has 2 aromatic rings. The highest BCUT2D eigenvalue weighted by atomic mass is 16.5. The van der Waals surface area contributed by atoms with Crippen molar-refractivity contribution < 1.29 is 19.0 Å². The summed E-state index contributed by atoms with van der Waals surface area (Å²) in [6.07, 6.45) is 1.66. The van der Waals surface area contributed by atoms with Crippen molar-refractivity contribution >= 4 is 16.8 Å². The lowest BCUT2D eigenvalue weighted by molar-refractivity contribution is -0.176. The number of methoxy groups -OCH3 is 1. The highest BCUT2D eigenvalue weighted by Crippen LogP contribution is 2.32. The summed E-state index contributed by atoms with van der Waals surface area (Å²) < 4.78 is 17.1. The molecule has 1 aromatic heterocycles. The summed E-state index contributed by atoms with van der Waals surface area (Å²) in [6.45, 7) is 6.50. The van der Waals surface area contributed by atoms with E-state index >= 15 is 0 Å². The number of amides is 1. The standard InChI is InChI=1S/C21H26N2O4/c1-14-12-23(13-21(27-14)6-8-26-9-7-21)20(24)18-11-16-10-17(25-3)4-5-19(16)22-15(18)2/h4-5,10-11,14H,6-9,12-13H2,1-3H3. The second kappa shape index (κ2) is 7.09. The molecule has 3 heterocycles. The number of hydrogen-bond acceptors (Lipinski definition) is 5. The Balaban J connectivity index is 1.65. The molecule has 1 spiro atoms. The van der Waals surface area contributed by atoms with Crippen LogP contribution in [0.15, 0.2) is 24.3 Å². The van der Waals surface area contributed by atoms with Crippen molar-refractivity contribution in [2.45, 2.75) is 38.4 Å². The maximum atomic E-state index is 13.4. The van der Waals surface area contributed by atoms with E-state index in [1.54, 1.807) is 7.11 Å². The van der Waals surface area contributed by atoms with Gasteiger partial charge in [-0.2, -0.15) is 0 Å². The number of ether oxygens (including phenoxy) is 3. The van der Waals surface area contributed by atoms with Crippen molar-refractivity contribution in [1.82, 2.24) is 9.88 Å². The molecule has 2 saturated heterocycles. The van der Waals surface area contributed by atoms with Crippen LogP contribution in [-0.4, -0.2) is 60.9 Å². The number of pyridine rings is 1. The van der Waals surface area contributed by atoms with Crippen molar-refractivity contribution in [3.8, 4) is 5.75 Å². The van der Waals surface area contributed by atoms with Crippen molar-refractivity contribution in [1.29, 1.82) is 0 Å². The summed E-state index contributed by atoms with van der Waals surface area (Å²) in [7, 11) is 1.64. The fourth-order valence-electron chi connectivity index (χ4n) is 4.16. The zero-order valence-electron chi connectivity index (χ0n) is 16.2. The average molecular weight is 370 g/mol. The van der Waals surface area contributed by atoms with Gasteiger partial charge in [0.15, 0.2) is 0 Å². The van der Waals surface area contributed by atoms with Gasteiger partial charge in [0.1, 0.15) is 5.75 Å². The number of hydrogen-bond donors (Lipinski definition) is 0. The van der Waals surface area contributed by atoms with Gasteiger partial charge in [-0.25, -0.2) is 0 Å². The number of nitrogens with zero attached hydrogens (tertiary/aromatic N) is 2. The Morgan fingerprint density at radius 1 is 1.30 bits per heavy atom. The van der Waals surface area contributed by atoms with Gasteiger partial charge >= 0.3 is 0 Å². The van der Waals surface area contributed by atoms with E-state index in [-0.39, 0.29) is 17.6 Å². The van der Waals surface area contributed by atoms with Crippen molar-refractivity contribution in [3.05, 3.63) is 35.5 Å². The molecule has 6 nitrogen and oxygen atoms in total. The predicted octanol–water partition coefficient (Wildman–Crippen LogP) is 2.96. The Labute approximate surface area is 159 Å². The third-order valence-corrected chi connectivity index (χ3v) is 5.54. The number of benzene rings is 1. The van der Waals surface area contributed by atoms with E-state index in [4.69, 9.17) is 14.2 Å². The fourth-order valence-corrected chi connectivity index (χ4v) is 4.16. The van der Waals surface area contributed by atoms with Crippen LogP contribution in [0.1, 0.15) is 35.8 Å². The first-order chi connectivity index (χ1) is 13.0. The summed E-state index contributed by atoms with van der Waals surface area (Å²) >= 11 is 0. The minimum Gasteiger partial charge on any atom is -0.497 e. The topological polar surface area (TPSA) is 60.9 Å². The highest BCUT2D eigenvalue weighted by molar-refractivity contribution is 5.99. The number of morpholine rings is 1. The maximum Gasteiger partial charge on any atom is 0.255 e. The summed E-state index contributed by atoms with van der Waals surface area (Å²) in [5, 5.41) is 0.908. The molecule has 2 fully saturated rings. The number of fused-ring (bicyclic) bond motifs is 1. The van der Waals surface area contributed by atoms with Crippen LogP contribution in [0.5, 0.6) is 5.75 Å². The first kappa shape index (κ1) is 18.2. The Bertz CT molecular complexity index is 861. The van der Waals surface area contributed by atoms with E-state index < -0.39 is 0 Å². The molecular weight excluding hydrogens is 344 g/mol. The zero-order valence-corrected chi connectivity index (χ0v) is 16.2. The van der Waals surface area contributed by atoms with Crippen molar-refractivity contribution in [2.75, 3.05) is 33.4 Å². The molecule has 1 atom stereocenters. The minimum atomic E-state index is -0.285. The molecule has 1 amide bonds. The van der Waals surface area contributed by atoms with Crippen LogP contribution >= 0.6 is 0 Å². The molecule has 1 unspecified atom stereocenters. The molecule has 27 heavy (non-hydrogen) atoms. The van der Waals surface area contributed by atoms with E-state index in [9.17, 15) is 4.79 Å². The molecule has 2 aliphatic heterocycles. The summed E-state index contributed by atoms with van der Waals surface area (Å²) in [5.74, 6) is 0.776. The van der Waals surface area contributed by atoms with E-state index in [0.29, 0.717) is 31.9 Å². The third kappa shape index (κ3) is 3.51. The van der Waals surface area contributed by atoms with Gasteiger partial charge in [0.2, 0.25) is 0 Å². The van der Waals surface area contributed by atoms with Gasteiger partial charge in [0, 0.05) is 38.0 Å². The third-order valence-electron chi connectivity index (χ3n) is 5.54. The van der Waals surface area contributed by atoms with Gasteiger partial charge in [0.05, 0.1) is 42.1 Å². The normalized spacial score (nSPS) is 22.2. The first-order valence-corrected chi connectivity index (χ1v) is 9.50. The highest BCUT2D eigenvalue weighted by Gasteiger charge is 2.42. The quantitative estimate of drug-likeness (QED) is 0.813. The molecule has 4 rings (SSSR count). The Kier molecular flexibility index (Phi) is 4.78. The number of aryl methyl sites for hydroxylation is 1. The van der Waals surface area contributed by atoms with Gasteiger partial charge in [-0.05, 0) is 38.1 Å². The van der Waals surface area contributed by atoms with Gasteiger partial charge in [-0.15, -0.1) is 0 Å². The zero-order chi connectivity index (χ0) is 19.0. The number of rotatable bonds is 2. The minimum absolute atomic E-state index is 0.00890. The van der Waals surface area contributed by atoms with Crippen LogP contribution in [0.4, 0.5) is 0 Å². The van der Waals surface area contributed by atoms with E-state index in [0.717, 1.165) is 35.2 Å². The lowest BCUT2D eigenvalue weighted by atomic mass is 9.91. The summed E-state index contributed by atoms with van der Waals surface area (Å²) in [4.78, 5) is 19.9. The summed E-state index contributed by atoms with van der Waals surface area (Å²) in [5.41, 5.74) is 1.97. The first-order valence-electron chi connectivity index (χ1n) is 9.50. The number of carbonyl (C=O) groups is 1. The molecule has 0 aliphatic carbocycles. The van der Waals surface area contributed by atoms with Gasteiger partial charge in [-0.3, -0.25) is 9.78 Å². The van der Waals surface area contributed by atoms with E-state index in [2.05, 4.69) is 4.98 Å². The predicted molar refractivity (Wildman–Crippen MR) is 102 cm³/mol. The molecule has 0 N–H and O–H groups in total. The second-order valence-electron chi connectivity index (χ2n) is 7.59. The lowest BCUT2D eigenvalue weighted by Crippen LogP contribution is -2.58. The Morgan fingerprint density at radius 3 is 2.81 bits per heavy atom.